The van der Waals surface area contributed by atoms with Crippen LogP contribution in [0.5, 0.6) is 34.5 Å². The number of aryl methyl sites for hydroxylation is 3. The fraction of sp³-hybridized carbons (Fsp3) is 0.214. The molecule has 0 spiro atoms. The molecule has 0 aliphatic heterocycles. The molecule has 2 aromatic heterocycles. The smallest absolute Gasteiger partial charge is 0.239 e. The van der Waals surface area contributed by atoms with Crippen LogP contribution in [0.25, 0.3) is 22.1 Å². The number of nitrogens with zero attached hydrogens (tertiary/aromatic N) is 4. The Labute approximate surface area is 448 Å². The van der Waals surface area contributed by atoms with Crippen molar-refractivity contribution in [1.82, 2.24) is 29.7 Å². The predicted molar refractivity (Wildman–Crippen MR) is 297 cm³/mol. The molecule has 18 nitrogen and oxygen atoms in total. The summed E-state index contributed by atoms with van der Waals surface area (Å²) >= 11 is 2.77. The molecule has 6 amide bonds. The maximum atomic E-state index is 11.9. The van der Waals surface area contributed by atoms with Crippen molar-refractivity contribution >= 4 is 93.4 Å². The van der Waals surface area contributed by atoms with E-state index in [2.05, 4.69) is 25.9 Å². The van der Waals surface area contributed by atoms with E-state index in [1.165, 1.54) is 42.9 Å². The average Bonchev–Trinajstić information content (AvgIpc) is 3.90. The first-order chi connectivity index (χ1) is 36.6. The average molecular weight is 1070 g/mol. The van der Waals surface area contributed by atoms with Crippen LogP contribution in [0.1, 0.15) is 36.6 Å². The van der Waals surface area contributed by atoms with Gasteiger partial charge in [-0.25, -0.2) is 9.97 Å². The van der Waals surface area contributed by atoms with Gasteiger partial charge in [-0.1, -0.05) is 29.8 Å². The number of thioether (sulfide) groups is 2. The Morgan fingerprint density at radius 2 is 1.00 bits per heavy atom. The third kappa shape index (κ3) is 17.0. The lowest BCUT2D eigenvalue weighted by atomic mass is 10.1. The summed E-state index contributed by atoms with van der Waals surface area (Å²) in [6, 6.07) is 41.4. The topological polar surface area (TPSA) is 223 Å². The van der Waals surface area contributed by atoms with Crippen LogP contribution in [-0.2, 0) is 62.5 Å². The normalized spacial score (nSPS) is 10.9. The van der Waals surface area contributed by atoms with Gasteiger partial charge in [-0.05, 0) is 128 Å². The minimum atomic E-state index is -0.344. The molecular weight excluding hydrogens is 1010 g/mol. The molecule has 2 heterocycles. The van der Waals surface area contributed by atoms with Gasteiger partial charge < -0.3 is 38.7 Å². The van der Waals surface area contributed by atoms with Crippen molar-refractivity contribution in [3.63, 3.8) is 0 Å². The quantitative estimate of drug-likeness (QED) is 0.0523. The third-order valence-electron chi connectivity index (χ3n) is 11.1. The summed E-state index contributed by atoms with van der Waals surface area (Å²) < 4.78 is 27.8. The number of ether oxygens (including phenoxy) is 4. The zero-order valence-corrected chi connectivity index (χ0v) is 44.6. The number of carbonyl (C=O) groups is 6. The largest absolute Gasteiger partial charge is 0.486 e. The summed E-state index contributed by atoms with van der Waals surface area (Å²) in [5.41, 5.74) is 7.18. The van der Waals surface area contributed by atoms with Crippen molar-refractivity contribution in [3.05, 3.63) is 156 Å². The van der Waals surface area contributed by atoms with Crippen LogP contribution in [0.2, 0.25) is 0 Å². The fourth-order valence-electron chi connectivity index (χ4n) is 7.25. The van der Waals surface area contributed by atoms with E-state index in [-0.39, 0.29) is 35.5 Å². The van der Waals surface area contributed by atoms with Gasteiger partial charge in [-0.3, -0.25) is 39.4 Å². The molecule has 8 aromatic rings. The minimum absolute atomic E-state index is 0.104. The molecule has 0 bridgehead atoms. The Balaban J connectivity index is 0.000000220. The van der Waals surface area contributed by atoms with Crippen molar-refractivity contribution < 1.29 is 47.7 Å². The monoisotopic (exact) mass is 1070 g/mol. The molecule has 0 radical (unpaired) electrons. The van der Waals surface area contributed by atoms with E-state index in [1.54, 1.807) is 42.7 Å². The number of hydrogen-bond donors (Lipinski definition) is 4. The Hall–Kier alpha value is -8.62. The number of carbonyl (C=O) groups excluding carboxylic acids is 6. The molecule has 20 heteroatoms. The van der Waals surface area contributed by atoms with Gasteiger partial charge >= 0.3 is 0 Å². The molecule has 76 heavy (non-hydrogen) atoms. The number of aromatic nitrogens is 4. The highest BCUT2D eigenvalue weighted by atomic mass is 32.2. The number of fused-ring (bicyclic) bond motifs is 2. The predicted octanol–water partition coefficient (Wildman–Crippen LogP) is 9.28. The van der Waals surface area contributed by atoms with Crippen LogP contribution in [0, 0.1) is 6.92 Å². The molecule has 394 valence electrons. The second-order valence-electron chi connectivity index (χ2n) is 16.8. The Morgan fingerprint density at radius 1 is 0.579 bits per heavy atom. The van der Waals surface area contributed by atoms with E-state index in [9.17, 15) is 28.8 Å². The van der Waals surface area contributed by atoms with Crippen LogP contribution in [-0.4, -0.2) is 79.1 Å². The first-order valence-corrected chi connectivity index (χ1v) is 26.2. The molecule has 0 saturated carbocycles. The van der Waals surface area contributed by atoms with Crippen molar-refractivity contribution in [2.24, 2.45) is 14.1 Å². The third-order valence-corrected chi connectivity index (χ3v) is 12.6. The Bertz CT molecular complexity index is 3260. The molecule has 0 fully saturated rings. The van der Waals surface area contributed by atoms with Crippen LogP contribution in [0.15, 0.2) is 133 Å². The maximum absolute atomic E-state index is 11.9. The van der Waals surface area contributed by atoms with Gasteiger partial charge in [0.1, 0.15) is 59.4 Å². The van der Waals surface area contributed by atoms with Gasteiger partial charge in [-0.2, -0.15) is 23.5 Å². The lowest BCUT2D eigenvalue weighted by Gasteiger charge is -2.13. The van der Waals surface area contributed by atoms with Gasteiger partial charge in [0.05, 0.1) is 33.1 Å². The zero-order valence-electron chi connectivity index (χ0n) is 43.0. The number of imidazole rings is 2. The lowest BCUT2D eigenvalue weighted by molar-refractivity contribution is -0.125. The highest BCUT2D eigenvalue weighted by molar-refractivity contribution is 8.00. The van der Waals surface area contributed by atoms with Crippen LogP contribution in [0.4, 0.5) is 11.4 Å². The van der Waals surface area contributed by atoms with Crippen LogP contribution >= 0.6 is 23.5 Å². The van der Waals surface area contributed by atoms with Crippen LogP contribution in [0.3, 0.4) is 0 Å². The number of benzene rings is 6. The second kappa shape index (κ2) is 28.2. The summed E-state index contributed by atoms with van der Waals surface area (Å²) in [4.78, 5) is 74.0. The molecule has 4 N–H and O–H groups in total. The summed E-state index contributed by atoms with van der Waals surface area (Å²) in [5, 5.41) is 9.34. The van der Waals surface area contributed by atoms with Crippen molar-refractivity contribution in [2.45, 2.75) is 45.7 Å². The first kappa shape index (κ1) is 56.7. The Kier molecular flexibility index (Phi) is 21.0. The maximum Gasteiger partial charge on any atom is 0.239 e. The summed E-state index contributed by atoms with van der Waals surface area (Å²) in [5.74, 6) is 5.39. The highest BCUT2D eigenvalue weighted by Gasteiger charge is 2.18. The molecule has 0 aliphatic carbocycles. The number of anilines is 2. The highest BCUT2D eigenvalue weighted by Crippen LogP contribution is 2.30. The Morgan fingerprint density at radius 3 is 1.41 bits per heavy atom. The number of nitrogens with one attached hydrogen (secondary N) is 4. The van der Waals surface area contributed by atoms with Gasteiger partial charge in [-0.15, -0.1) is 0 Å². The van der Waals surface area contributed by atoms with Gasteiger partial charge in [0, 0.05) is 51.5 Å². The van der Waals surface area contributed by atoms with Gasteiger partial charge in [0.2, 0.25) is 36.4 Å². The van der Waals surface area contributed by atoms with E-state index in [0.29, 0.717) is 66.0 Å². The second-order valence-corrected chi connectivity index (χ2v) is 18.7. The number of imide groups is 2. The van der Waals surface area contributed by atoms with E-state index in [1.807, 2.05) is 139 Å². The lowest BCUT2D eigenvalue weighted by Crippen LogP contribution is -2.32. The van der Waals surface area contributed by atoms with Gasteiger partial charge in [0.15, 0.2) is 0 Å². The summed E-state index contributed by atoms with van der Waals surface area (Å²) in [6.07, 6.45) is 4.94. The fourth-order valence-corrected chi connectivity index (χ4v) is 8.24. The number of rotatable bonds is 20. The molecule has 1 atom stereocenters. The molecule has 1 unspecified atom stereocenters. The molecule has 8 rings (SSSR count). The zero-order chi connectivity index (χ0) is 54.6. The number of hydrogen-bond acceptors (Lipinski definition) is 14. The van der Waals surface area contributed by atoms with Crippen molar-refractivity contribution in [3.8, 4) is 34.5 Å². The van der Waals surface area contributed by atoms with Crippen molar-refractivity contribution in [1.29, 1.82) is 0 Å². The molecule has 6 aromatic carbocycles. The van der Waals surface area contributed by atoms with Crippen LogP contribution < -0.4 is 40.2 Å². The summed E-state index contributed by atoms with van der Waals surface area (Å²) in [7, 11) is 3.89. The molecular formula is C56H58N8O10S2. The minimum Gasteiger partial charge on any atom is -0.486 e. The number of amides is 6. The van der Waals surface area contributed by atoms with E-state index >= 15 is 0 Å². The van der Waals surface area contributed by atoms with E-state index in [4.69, 9.17) is 18.9 Å². The van der Waals surface area contributed by atoms with Gasteiger partial charge in [0.25, 0.3) is 0 Å². The molecule has 0 aliphatic rings. The SMILES string of the molecule is CC(=O)Nc1ccc(Oc2ccc3nc(COc4ccc(C)cc4)n(C)c3c2)cc1.CSC(Cc1ccc(OCc2nc3ccc(Oc4ccc(NC(C)=O)cc4)cc3n2C)cc1)C(=O)NC=O.CSCC(=O)NC=O. The molecule has 0 saturated heterocycles. The van der Waals surface area contributed by atoms with Crippen molar-refractivity contribution in [2.75, 3.05) is 28.9 Å². The standard InChI is InChI=1S/C28H28N4O5S.C24H23N3O3.C4H7NO2S/c1-18(34)30-20-6-10-22(11-7-20)37-23-12-13-24-25(15-23)32(2)27(31-24)16-36-21-8-4-19(5-9-21)14-26(38-3)28(35)29-17-33;1-16-4-8-19(9-5-16)29-15-24-26-22-13-12-21(14-23(22)27(24)3)30-20-10-6-18(7-11-20)25-17(2)28;1-8-2-4(7)5-3-6/h4-13,15,17,26H,14,16H2,1-3H3,(H,30,34)(H,29,33,35);4-14H,15H2,1-3H3,(H,25,28);3H,2H2,1H3,(H,5,6,7). The van der Waals surface area contributed by atoms with E-state index in [0.717, 1.165) is 50.7 Å². The summed E-state index contributed by atoms with van der Waals surface area (Å²) in [6.45, 7) is 5.66. The first-order valence-electron chi connectivity index (χ1n) is 23.6. The van der Waals surface area contributed by atoms with E-state index < -0.39 is 0 Å².